The van der Waals surface area contributed by atoms with E-state index in [1.807, 2.05) is 61.5 Å². The molecule has 2 atom stereocenters. The standard InChI is InChI=1S/C27H25NO4.C12H15NO2/c1-17-7-6-8-18-15-27(25(29)30,14-13-19(17)18)28-26(31)32-16-24-22-11-4-2-9-20(22)21-10-3-5-12-23(21)24;1-8-3-2-4-9-7-12(13,11(14)15)6-5-10(8)9/h2-12,24H,13-16H2,1H3,(H,28,31)(H,29,30);2-4H,5-7,13H2,1H3,(H,14,15). The Morgan fingerprint density at radius 2 is 1.28 bits per heavy atom. The molecule has 0 spiro atoms. The van der Waals surface area contributed by atoms with Crippen molar-refractivity contribution in [3.63, 3.8) is 0 Å². The number of nitrogens with two attached hydrogens (primary N) is 1. The Labute approximate surface area is 274 Å². The van der Waals surface area contributed by atoms with Crippen LogP contribution in [0.5, 0.6) is 0 Å². The zero-order chi connectivity index (χ0) is 33.3. The van der Waals surface area contributed by atoms with Gasteiger partial charge in [0, 0.05) is 18.8 Å². The molecule has 0 radical (unpaired) electrons. The maximum atomic E-state index is 12.8. The molecule has 8 nitrogen and oxygen atoms in total. The number of nitrogens with one attached hydrogen (secondary N) is 1. The highest BCUT2D eigenvalue weighted by Gasteiger charge is 2.44. The number of amides is 1. The highest BCUT2D eigenvalue weighted by Crippen LogP contribution is 2.44. The maximum Gasteiger partial charge on any atom is 0.408 e. The van der Waals surface area contributed by atoms with Crippen LogP contribution in [0, 0.1) is 13.8 Å². The van der Waals surface area contributed by atoms with Crippen molar-refractivity contribution in [2.24, 2.45) is 5.73 Å². The molecule has 0 heterocycles. The Bertz CT molecular complexity index is 1820. The lowest BCUT2D eigenvalue weighted by molar-refractivity contribution is -0.145. The first-order valence-corrected chi connectivity index (χ1v) is 16.0. The number of aliphatic carboxylic acids is 2. The number of benzene rings is 4. The van der Waals surface area contributed by atoms with Crippen molar-refractivity contribution in [1.82, 2.24) is 5.32 Å². The number of rotatable bonds is 5. The Kier molecular flexibility index (Phi) is 8.64. The predicted molar refractivity (Wildman–Crippen MR) is 180 cm³/mol. The van der Waals surface area contributed by atoms with E-state index in [4.69, 9.17) is 15.6 Å². The molecular weight excluding hydrogens is 592 g/mol. The predicted octanol–water partition coefficient (Wildman–Crippen LogP) is 6.11. The van der Waals surface area contributed by atoms with Crippen molar-refractivity contribution in [2.75, 3.05) is 6.61 Å². The van der Waals surface area contributed by atoms with E-state index < -0.39 is 29.1 Å². The monoisotopic (exact) mass is 632 g/mol. The minimum atomic E-state index is -1.36. The van der Waals surface area contributed by atoms with Crippen molar-refractivity contribution in [3.8, 4) is 11.1 Å². The van der Waals surface area contributed by atoms with Crippen LogP contribution in [0.15, 0.2) is 84.9 Å². The molecule has 7 rings (SSSR count). The quantitative estimate of drug-likeness (QED) is 0.208. The molecule has 4 aromatic carbocycles. The second-order valence-corrected chi connectivity index (χ2v) is 13.1. The molecule has 0 aromatic heterocycles. The third-order valence-electron chi connectivity index (χ3n) is 10.2. The van der Waals surface area contributed by atoms with Crippen LogP contribution in [-0.4, -0.2) is 45.9 Å². The van der Waals surface area contributed by atoms with Gasteiger partial charge in [-0.3, -0.25) is 4.79 Å². The molecule has 0 fully saturated rings. The Balaban J connectivity index is 0.000000215. The number of carboxylic acid groups (broad SMARTS) is 2. The topological polar surface area (TPSA) is 139 Å². The van der Waals surface area contributed by atoms with Gasteiger partial charge in [0.05, 0.1) is 0 Å². The highest BCUT2D eigenvalue weighted by atomic mass is 16.5. The fourth-order valence-electron chi connectivity index (χ4n) is 7.46. The number of hydrogen-bond acceptors (Lipinski definition) is 5. The summed E-state index contributed by atoms with van der Waals surface area (Å²) in [5, 5.41) is 21.8. The summed E-state index contributed by atoms with van der Waals surface area (Å²) in [6, 6.07) is 28.2. The van der Waals surface area contributed by atoms with E-state index >= 15 is 0 Å². The summed E-state index contributed by atoms with van der Waals surface area (Å²) in [4.78, 5) is 36.1. The van der Waals surface area contributed by atoms with Gasteiger partial charge in [0.1, 0.15) is 17.7 Å². The number of carbonyl (C=O) groups is 3. The minimum absolute atomic E-state index is 0.0661. The van der Waals surface area contributed by atoms with Crippen LogP contribution < -0.4 is 11.1 Å². The zero-order valence-corrected chi connectivity index (χ0v) is 26.7. The van der Waals surface area contributed by atoms with E-state index in [1.165, 1.54) is 16.7 Å². The first kappa shape index (κ1) is 32.0. The zero-order valence-electron chi connectivity index (χ0n) is 26.7. The van der Waals surface area contributed by atoms with Crippen molar-refractivity contribution < 1.29 is 29.3 Å². The van der Waals surface area contributed by atoms with Crippen molar-refractivity contribution >= 4 is 18.0 Å². The normalized spacial score (nSPS) is 20.7. The highest BCUT2D eigenvalue weighted by molar-refractivity contribution is 5.85. The number of aryl methyl sites for hydroxylation is 2. The number of carbonyl (C=O) groups excluding carboxylic acids is 1. The van der Waals surface area contributed by atoms with Gasteiger partial charge in [-0.25, -0.2) is 9.59 Å². The molecule has 1 amide bonds. The summed E-state index contributed by atoms with van der Waals surface area (Å²) >= 11 is 0. The van der Waals surface area contributed by atoms with Crippen LogP contribution in [0.25, 0.3) is 11.1 Å². The fourth-order valence-corrected chi connectivity index (χ4v) is 7.46. The van der Waals surface area contributed by atoms with Gasteiger partial charge in [-0.1, -0.05) is 84.9 Å². The molecular formula is C39H40N2O6. The molecule has 0 saturated heterocycles. The largest absolute Gasteiger partial charge is 0.480 e. The maximum absolute atomic E-state index is 12.8. The Hall–Kier alpha value is -4.95. The number of alkyl carbamates (subject to hydrolysis) is 1. The molecule has 0 saturated carbocycles. The number of carboxylic acids is 2. The molecule has 0 bridgehead atoms. The Morgan fingerprint density at radius 1 is 0.745 bits per heavy atom. The third-order valence-corrected chi connectivity index (χ3v) is 10.2. The lowest BCUT2D eigenvalue weighted by Crippen LogP contribution is -2.58. The number of fused-ring (bicyclic) bond motifs is 5. The SMILES string of the molecule is Cc1cccc2c1CCC(N)(C(=O)O)C2.Cc1cccc2c1CCC(NC(=O)OCC1c3ccccc3-c3ccccc31)(C(=O)O)C2. The molecule has 0 aliphatic heterocycles. The molecule has 8 heteroatoms. The van der Waals surface area contributed by atoms with Crippen LogP contribution in [0.2, 0.25) is 0 Å². The lowest BCUT2D eigenvalue weighted by atomic mass is 9.76. The van der Waals surface area contributed by atoms with Crippen LogP contribution in [-0.2, 0) is 40.0 Å². The summed E-state index contributed by atoms with van der Waals surface area (Å²) in [5.41, 5.74) is 14.9. The van der Waals surface area contributed by atoms with Gasteiger partial charge in [-0.15, -0.1) is 0 Å². The molecule has 5 N–H and O–H groups in total. The van der Waals surface area contributed by atoms with Crippen LogP contribution >= 0.6 is 0 Å². The summed E-state index contributed by atoms with van der Waals surface area (Å²) < 4.78 is 5.62. The first-order chi connectivity index (χ1) is 22.5. The van der Waals surface area contributed by atoms with Gasteiger partial charge in [0.2, 0.25) is 0 Å². The summed E-state index contributed by atoms with van der Waals surface area (Å²) in [5.74, 6) is -1.99. The van der Waals surface area contributed by atoms with Crippen molar-refractivity contribution in [3.05, 3.63) is 129 Å². The van der Waals surface area contributed by atoms with E-state index in [0.717, 1.165) is 45.4 Å². The van der Waals surface area contributed by atoms with Crippen LogP contribution in [0.1, 0.15) is 63.3 Å². The number of hydrogen-bond donors (Lipinski definition) is 4. The van der Waals surface area contributed by atoms with Crippen LogP contribution in [0.4, 0.5) is 4.79 Å². The number of ether oxygens (including phenoxy) is 1. The van der Waals surface area contributed by atoms with E-state index in [1.54, 1.807) is 0 Å². The molecule has 3 aliphatic carbocycles. The van der Waals surface area contributed by atoms with Gasteiger partial charge in [-0.05, 0) is 95.2 Å². The van der Waals surface area contributed by atoms with E-state index in [2.05, 4.69) is 42.6 Å². The fraction of sp³-hybridized carbons (Fsp3) is 0.308. The Morgan fingerprint density at radius 3 is 1.83 bits per heavy atom. The molecule has 3 aliphatic rings. The van der Waals surface area contributed by atoms with Crippen molar-refractivity contribution in [1.29, 1.82) is 0 Å². The molecule has 242 valence electrons. The average Bonchev–Trinajstić information content (AvgIpc) is 3.37. The first-order valence-electron chi connectivity index (χ1n) is 16.0. The van der Waals surface area contributed by atoms with Crippen molar-refractivity contribution in [2.45, 2.75) is 69.4 Å². The van der Waals surface area contributed by atoms with Gasteiger partial charge in [0.25, 0.3) is 0 Å². The molecule has 2 unspecified atom stereocenters. The van der Waals surface area contributed by atoms with Gasteiger partial charge < -0.3 is 26.0 Å². The van der Waals surface area contributed by atoms with E-state index in [-0.39, 0.29) is 18.9 Å². The van der Waals surface area contributed by atoms with E-state index in [9.17, 15) is 19.5 Å². The summed E-state index contributed by atoms with van der Waals surface area (Å²) in [6.45, 7) is 4.25. The second kappa shape index (κ2) is 12.7. The minimum Gasteiger partial charge on any atom is -0.480 e. The van der Waals surface area contributed by atoms with Gasteiger partial charge >= 0.3 is 18.0 Å². The lowest BCUT2D eigenvalue weighted by Gasteiger charge is -2.35. The van der Waals surface area contributed by atoms with Crippen LogP contribution in [0.3, 0.4) is 0 Å². The second-order valence-electron chi connectivity index (χ2n) is 13.1. The third kappa shape index (κ3) is 6.13. The molecule has 47 heavy (non-hydrogen) atoms. The van der Waals surface area contributed by atoms with Gasteiger partial charge in [0.15, 0.2) is 0 Å². The average molecular weight is 633 g/mol. The van der Waals surface area contributed by atoms with E-state index in [0.29, 0.717) is 25.7 Å². The molecule has 4 aromatic rings. The summed E-state index contributed by atoms with van der Waals surface area (Å²) in [7, 11) is 0. The smallest absolute Gasteiger partial charge is 0.408 e. The summed E-state index contributed by atoms with van der Waals surface area (Å²) in [6.07, 6.45) is 2.25. The van der Waals surface area contributed by atoms with Gasteiger partial charge in [-0.2, -0.15) is 0 Å².